The molecule has 1 aromatic rings. The molecule has 0 saturated carbocycles. The number of sulfonamides is 2. The van der Waals surface area contributed by atoms with E-state index in [1.165, 1.54) is 4.31 Å². The fraction of sp³-hybridized carbons (Fsp3) is 0.571. The zero-order valence-electron chi connectivity index (χ0n) is 12.7. The predicted molar refractivity (Wildman–Crippen MR) is 85.6 cm³/mol. The van der Waals surface area contributed by atoms with E-state index in [0.29, 0.717) is 13.0 Å². The van der Waals surface area contributed by atoms with Gasteiger partial charge in [0, 0.05) is 19.6 Å². The number of rotatable bonds is 6. The highest BCUT2D eigenvalue weighted by molar-refractivity contribution is 7.89. The lowest BCUT2D eigenvalue weighted by atomic mass is 10.2. The van der Waals surface area contributed by atoms with Crippen LogP contribution in [0, 0.1) is 0 Å². The lowest BCUT2D eigenvalue weighted by Gasteiger charge is -2.26. The minimum absolute atomic E-state index is 0.0804. The van der Waals surface area contributed by atoms with Gasteiger partial charge in [-0.15, -0.1) is 0 Å². The van der Waals surface area contributed by atoms with Crippen molar-refractivity contribution in [2.45, 2.75) is 31.1 Å². The lowest BCUT2D eigenvalue weighted by molar-refractivity contribution is 0.386. The van der Waals surface area contributed by atoms with Crippen molar-refractivity contribution in [3.63, 3.8) is 0 Å². The Bertz CT molecular complexity index is 697. The third kappa shape index (κ3) is 4.28. The van der Waals surface area contributed by atoms with E-state index in [4.69, 9.17) is 0 Å². The minimum Gasteiger partial charge on any atom is -0.212 e. The average Bonchev–Trinajstić information content (AvgIpc) is 2.49. The smallest absolute Gasteiger partial charge is 0.212 e. The molecule has 8 heteroatoms. The number of hydrogen-bond acceptors (Lipinski definition) is 4. The number of benzene rings is 1. The highest BCUT2D eigenvalue weighted by atomic mass is 32.2. The third-order valence-electron chi connectivity index (χ3n) is 3.75. The van der Waals surface area contributed by atoms with Gasteiger partial charge in [0.05, 0.1) is 10.6 Å². The van der Waals surface area contributed by atoms with Crippen molar-refractivity contribution in [1.29, 1.82) is 0 Å². The van der Waals surface area contributed by atoms with Gasteiger partial charge in [0.25, 0.3) is 0 Å². The summed E-state index contributed by atoms with van der Waals surface area (Å²) < 4.78 is 51.8. The van der Waals surface area contributed by atoms with Crippen molar-refractivity contribution in [3.05, 3.63) is 29.8 Å². The van der Waals surface area contributed by atoms with Gasteiger partial charge >= 0.3 is 0 Å². The van der Waals surface area contributed by atoms with Crippen LogP contribution in [0.1, 0.15) is 25.3 Å². The monoisotopic (exact) mass is 346 g/mol. The molecule has 0 spiro atoms. The van der Waals surface area contributed by atoms with Gasteiger partial charge in [0.15, 0.2) is 0 Å². The Morgan fingerprint density at radius 2 is 1.86 bits per heavy atom. The second-order valence-electron chi connectivity index (χ2n) is 5.32. The summed E-state index contributed by atoms with van der Waals surface area (Å²) in [6.45, 7) is 2.72. The van der Waals surface area contributed by atoms with Gasteiger partial charge in [-0.2, -0.15) is 0 Å². The van der Waals surface area contributed by atoms with Crippen molar-refractivity contribution in [2.24, 2.45) is 0 Å². The quantitative estimate of drug-likeness (QED) is 0.831. The van der Waals surface area contributed by atoms with E-state index in [-0.39, 0.29) is 23.7 Å². The van der Waals surface area contributed by atoms with Crippen LogP contribution in [0.4, 0.5) is 0 Å². The first kappa shape index (κ1) is 17.4. The number of aryl methyl sites for hydroxylation is 1. The van der Waals surface area contributed by atoms with Gasteiger partial charge in [-0.3, -0.25) is 0 Å². The van der Waals surface area contributed by atoms with E-state index in [0.717, 1.165) is 18.4 Å². The Labute approximate surface area is 132 Å². The highest BCUT2D eigenvalue weighted by Crippen LogP contribution is 2.13. The van der Waals surface area contributed by atoms with Crippen LogP contribution in [-0.4, -0.2) is 46.5 Å². The summed E-state index contributed by atoms with van der Waals surface area (Å²) in [4.78, 5) is 0.200. The molecular weight excluding hydrogens is 324 g/mol. The molecule has 1 aliphatic heterocycles. The second-order valence-corrected chi connectivity index (χ2v) is 9.17. The molecule has 1 N–H and O–H groups in total. The Morgan fingerprint density at radius 1 is 1.18 bits per heavy atom. The highest BCUT2D eigenvalue weighted by Gasteiger charge is 2.25. The summed E-state index contributed by atoms with van der Waals surface area (Å²) in [6.07, 6.45) is 2.35. The third-order valence-corrected chi connectivity index (χ3v) is 7.18. The van der Waals surface area contributed by atoms with E-state index >= 15 is 0 Å². The minimum atomic E-state index is -3.59. The maximum absolute atomic E-state index is 12.2. The van der Waals surface area contributed by atoms with Crippen LogP contribution < -0.4 is 4.72 Å². The molecule has 22 heavy (non-hydrogen) atoms. The summed E-state index contributed by atoms with van der Waals surface area (Å²) in [5, 5.41) is 0. The van der Waals surface area contributed by atoms with E-state index in [2.05, 4.69) is 4.72 Å². The molecule has 1 saturated heterocycles. The van der Waals surface area contributed by atoms with E-state index in [1.807, 2.05) is 6.92 Å². The number of hydrogen-bond donors (Lipinski definition) is 1. The van der Waals surface area contributed by atoms with Crippen molar-refractivity contribution in [1.82, 2.24) is 9.03 Å². The summed E-state index contributed by atoms with van der Waals surface area (Å²) in [5.41, 5.74) is 1.07. The number of nitrogens with zero attached hydrogens (tertiary/aromatic N) is 1. The van der Waals surface area contributed by atoms with Crippen LogP contribution in [0.25, 0.3) is 0 Å². The molecule has 2 rings (SSSR count). The van der Waals surface area contributed by atoms with Gasteiger partial charge in [-0.1, -0.05) is 19.1 Å². The zero-order valence-corrected chi connectivity index (χ0v) is 14.3. The van der Waals surface area contributed by atoms with Crippen molar-refractivity contribution in [3.8, 4) is 0 Å². The molecule has 124 valence electrons. The van der Waals surface area contributed by atoms with Gasteiger partial charge in [-0.05, 0) is 37.0 Å². The van der Waals surface area contributed by atoms with E-state index < -0.39 is 20.0 Å². The Kier molecular flexibility index (Phi) is 5.60. The SMILES string of the molecule is CCc1ccc(S(=O)(=O)NCCN2CCCCS2(=O)=O)cc1. The summed E-state index contributed by atoms with van der Waals surface area (Å²) >= 11 is 0. The molecular formula is C14H22N2O4S2. The van der Waals surface area contributed by atoms with Gasteiger partial charge in [0.2, 0.25) is 20.0 Å². The van der Waals surface area contributed by atoms with Crippen LogP contribution in [0.5, 0.6) is 0 Å². The van der Waals surface area contributed by atoms with Crippen molar-refractivity contribution >= 4 is 20.0 Å². The maximum atomic E-state index is 12.2. The Morgan fingerprint density at radius 3 is 2.45 bits per heavy atom. The second kappa shape index (κ2) is 7.08. The lowest BCUT2D eigenvalue weighted by Crippen LogP contribution is -2.42. The molecule has 0 bridgehead atoms. The first-order valence-electron chi connectivity index (χ1n) is 7.41. The molecule has 1 aliphatic rings. The normalized spacial score (nSPS) is 19.1. The molecule has 0 aliphatic carbocycles. The molecule has 0 atom stereocenters. The average molecular weight is 346 g/mol. The standard InChI is InChI=1S/C14H22N2O4S2/c1-2-13-5-7-14(8-6-13)22(19,20)15-9-11-16-10-3-4-12-21(16,17)18/h5-8,15H,2-4,9-12H2,1H3. The molecule has 1 fully saturated rings. The van der Waals surface area contributed by atoms with Crippen molar-refractivity contribution < 1.29 is 16.8 Å². The van der Waals surface area contributed by atoms with Crippen molar-refractivity contribution in [2.75, 3.05) is 25.4 Å². The molecule has 1 aromatic carbocycles. The molecule has 0 aromatic heterocycles. The molecule has 6 nitrogen and oxygen atoms in total. The van der Waals surface area contributed by atoms with E-state index in [1.54, 1.807) is 24.3 Å². The van der Waals surface area contributed by atoms with Gasteiger partial charge < -0.3 is 0 Å². The molecule has 0 unspecified atom stereocenters. The molecule has 0 amide bonds. The molecule has 1 heterocycles. The van der Waals surface area contributed by atoms with E-state index in [9.17, 15) is 16.8 Å². The Hall–Kier alpha value is -0.960. The largest absolute Gasteiger partial charge is 0.240 e. The number of nitrogens with one attached hydrogen (secondary N) is 1. The van der Waals surface area contributed by atoms with Gasteiger partial charge in [-0.25, -0.2) is 25.9 Å². The fourth-order valence-electron chi connectivity index (χ4n) is 2.38. The van der Waals surface area contributed by atoms with Crippen LogP contribution in [0.2, 0.25) is 0 Å². The Balaban J connectivity index is 1.94. The maximum Gasteiger partial charge on any atom is 0.240 e. The van der Waals surface area contributed by atoms with Crippen LogP contribution in [0.15, 0.2) is 29.2 Å². The molecule has 0 radical (unpaired) electrons. The van der Waals surface area contributed by atoms with Gasteiger partial charge in [0.1, 0.15) is 0 Å². The van der Waals surface area contributed by atoms with Crippen LogP contribution in [0.3, 0.4) is 0 Å². The fourth-order valence-corrected chi connectivity index (χ4v) is 5.01. The van der Waals surface area contributed by atoms with Crippen LogP contribution >= 0.6 is 0 Å². The topological polar surface area (TPSA) is 83.6 Å². The summed E-state index contributed by atoms with van der Waals surface area (Å²) in [7, 11) is -6.81. The zero-order chi connectivity index (χ0) is 16.2. The first-order valence-corrected chi connectivity index (χ1v) is 10.5. The van der Waals surface area contributed by atoms with Crippen LogP contribution in [-0.2, 0) is 26.5 Å². The first-order chi connectivity index (χ1) is 10.3. The summed E-state index contributed by atoms with van der Waals surface area (Å²) in [6, 6.07) is 6.70. The summed E-state index contributed by atoms with van der Waals surface area (Å²) in [5.74, 6) is 0.151. The predicted octanol–water partition coefficient (Wildman–Crippen LogP) is 0.953.